The molecule has 1 heterocycles. The van der Waals surface area contributed by atoms with Crippen LogP contribution in [0.4, 0.5) is 0 Å². The molecule has 106 valence electrons. The van der Waals surface area contributed by atoms with Crippen LogP contribution in [0.3, 0.4) is 0 Å². The number of likely N-dealkylation sites (tertiary alicyclic amines) is 1. The largest absolute Gasteiger partial charge is 0.354 e. The molecule has 19 heavy (non-hydrogen) atoms. The Kier molecular flexibility index (Phi) is 4.52. The third-order valence-electron chi connectivity index (χ3n) is 4.09. The second-order valence-electron chi connectivity index (χ2n) is 5.26. The van der Waals surface area contributed by atoms with Gasteiger partial charge in [-0.3, -0.25) is 19.3 Å². The summed E-state index contributed by atoms with van der Waals surface area (Å²) in [5.74, 6) is -0.00280. The maximum atomic E-state index is 12.0. The van der Waals surface area contributed by atoms with E-state index in [4.69, 9.17) is 5.73 Å². The van der Waals surface area contributed by atoms with Gasteiger partial charge in [-0.15, -0.1) is 0 Å². The van der Waals surface area contributed by atoms with Crippen molar-refractivity contribution in [3.05, 3.63) is 0 Å². The molecular formula is C13H21N3O3. The quantitative estimate of drug-likeness (QED) is 0.664. The van der Waals surface area contributed by atoms with Gasteiger partial charge in [0.05, 0.1) is 0 Å². The van der Waals surface area contributed by atoms with Gasteiger partial charge in [-0.1, -0.05) is 6.42 Å². The van der Waals surface area contributed by atoms with E-state index < -0.39 is 0 Å². The minimum atomic E-state index is -0.139. The molecule has 0 aromatic rings. The predicted molar refractivity (Wildman–Crippen MR) is 68.8 cm³/mol. The van der Waals surface area contributed by atoms with E-state index >= 15 is 0 Å². The number of hydrogen-bond acceptors (Lipinski definition) is 4. The van der Waals surface area contributed by atoms with E-state index in [1.807, 2.05) is 0 Å². The summed E-state index contributed by atoms with van der Waals surface area (Å²) in [6, 6.07) is 0. The van der Waals surface area contributed by atoms with Crippen molar-refractivity contribution in [2.45, 2.75) is 32.1 Å². The zero-order valence-electron chi connectivity index (χ0n) is 11.1. The molecule has 1 saturated heterocycles. The normalized spacial score (nSPS) is 27.1. The minimum absolute atomic E-state index is 0.00465. The first kappa shape index (κ1) is 14.0. The van der Waals surface area contributed by atoms with E-state index in [2.05, 4.69) is 5.32 Å². The highest BCUT2D eigenvalue weighted by atomic mass is 16.2. The highest BCUT2D eigenvalue weighted by Gasteiger charge is 2.32. The van der Waals surface area contributed by atoms with Crippen LogP contribution >= 0.6 is 0 Å². The monoisotopic (exact) mass is 267 g/mol. The highest BCUT2D eigenvalue weighted by molar-refractivity contribution is 6.01. The fourth-order valence-electron chi connectivity index (χ4n) is 2.96. The van der Waals surface area contributed by atoms with E-state index in [1.54, 1.807) is 0 Å². The average Bonchev–Trinajstić information content (AvgIpc) is 2.99. The van der Waals surface area contributed by atoms with E-state index in [9.17, 15) is 14.4 Å². The molecule has 0 radical (unpaired) electrons. The van der Waals surface area contributed by atoms with Gasteiger partial charge in [-0.05, 0) is 25.3 Å². The van der Waals surface area contributed by atoms with Crippen LogP contribution in [-0.2, 0) is 14.4 Å². The molecule has 0 unspecified atom stereocenters. The number of rotatable bonds is 5. The summed E-state index contributed by atoms with van der Waals surface area (Å²) in [7, 11) is 0. The lowest BCUT2D eigenvalue weighted by Crippen LogP contribution is -2.41. The first-order valence-corrected chi connectivity index (χ1v) is 6.94. The number of carbonyl (C=O) groups is 3. The molecule has 2 fully saturated rings. The van der Waals surface area contributed by atoms with Gasteiger partial charge in [0.2, 0.25) is 17.7 Å². The Morgan fingerprint density at radius 1 is 1.26 bits per heavy atom. The molecule has 3 amide bonds. The summed E-state index contributed by atoms with van der Waals surface area (Å²) < 4.78 is 0. The van der Waals surface area contributed by atoms with Crippen molar-refractivity contribution in [2.24, 2.45) is 17.6 Å². The summed E-state index contributed by atoms with van der Waals surface area (Å²) in [5.41, 5.74) is 5.65. The predicted octanol–water partition coefficient (Wildman–Crippen LogP) is -0.373. The SMILES string of the molecule is NC[C@H]1CCC[C@H]1C(=O)NCCN1C(=O)CCC1=O. The smallest absolute Gasteiger partial charge is 0.229 e. The van der Waals surface area contributed by atoms with Crippen LogP contribution in [0.25, 0.3) is 0 Å². The number of nitrogens with one attached hydrogen (secondary N) is 1. The van der Waals surface area contributed by atoms with Crippen molar-refractivity contribution < 1.29 is 14.4 Å². The van der Waals surface area contributed by atoms with Gasteiger partial charge in [0.25, 0.3) is 0 Å². The number of imide groups is 1. The zero-order valence-corrected chi connectivity index (χ0v) is 11.1. The van der Waals surface area contributed by atoms with Crippen molar-refractivity contribution in [2.75, 3.05) is 19.6 Å². The van der Waals surface area contributed by atoms with Crippen molar-refractivity contribution in [3.63, 3.8) is 0 Å². The first-order valence-electron chi connectivity index (χ1n) is 6.94. The highest BCUT2D eigenvalue weighted by Crippen LogP contribution is 2.30. The van der Waals surface area contributed by atoms with Crippen LogP contribution in [0.5, 0.6) is 0 Å². The lowest BCUT2D eigenvalue weighted by atomic mass is 9.95. The van der Waals surface area contributed by atoms with Gasteiger partial charge in [0.1, 0.15) is 0 Å². The maximum Gasteiger partial charge on any atom is 0.229 e. The molecule has 2 aliphatic rings. The van der Waals surface area contributed by atoms with E-state index in [0.29, 0.717) is 25.9 Å². The van der Waals surface area contributed by atoms with Crippen molar-refractivity contribution in [1.82, 2.24) is 10.2 Å². The molecule has 6 nitrogen and oxygen atoms in total. The van der Waals surface area contributed by atoms with Crippen LogP contribution in [0.15, 0.2) is 0 Å². The van der Waals surface area contributed by atoms with Crippen molar-refractivity contribution in [1.29, 1.82) is 0 Å². The second kappa shape index (κ2) is 6.14. The van der Waals surface area contributed by atoms with E-state index in [-0.39, 0.29) is 36.1 Å². The van der Waals surface area contributed by atoms with Gasteiger partial charge >= 0.3 is 0 Å². The van der Waals surface area contributed by atoms with Gasteiger partial charge in [-0.25, -0.2) is 0 Å². The Bertz CT molecular complexity index is 367. The number of nitrogens with zero attached hydrogens (tertiary/aromatic N) is 1. The molecule has 0 bridgehead atoms. The molecule has 0 aromatic heterocycles. The molecule has 3 N–H and O–H groups in total. The Morgan fingerprint density at radius 3 is 2.58 bits per heavy atom. The van der Waals surface area contributed by atoms with Crippen LogP contribution in [0, 0.1) is 11.8 Å². The Hall–Kier alpha value is -1.43. The zero-order chi connectivity index (χ0) is 13.8. The standard InChI is InChI=1S/C13H21N3O3/c14-8-9-2-1-3-10(9)13(19)15-6-7-16-11(17)4-5-12(16)18/h9-10H,1-8,14H2,(H,15,19)/t9-,10-/m1/s1. The number of carbonyl (C=O) groups excluding carboxylic acids is 3. The summed E-state index contributed by atoms with van der Waals surface area (Å²) in [4.78, 5) is 36.0. The molecule has 0 spiro atoms. The third-order valence-corrected chi connectivity index (χ3v) is 4.09. The maximum absolute atomic E-state index is 12.0. The average molecular weight is 267 g/mol. The van der Waals surface area contributed by atoms with Crippen LogP contribution < -0.4 is 11.1 Å². The topological polar surface area (TPSA) is 92.5 Å². The molecular weight excluding hydrogens is 246 g/mol. The summed E-state index contributed by atoms with van der Waals surface area (Å²) >= 11 is 0. The second-order valence-corrected chi connectivity index (χ2v) is 5.26. The Morgan fingerprint density at radius 2 is 1.95 bits per heavy atom. The molecule has 1 aliphatic carbocycles. The molecule has 6 heteroatoms. The fraction of sp³-hybridized carbons (Fsp3) is 0.769. The van der Waals surface area contributed by atoms with Gasteiger partial charge in [-0.2, -0.15) is 0 Å². The summed E-state index contributed by atoms with van der Waals surface area (Å²) in [5, 5.41) is 2.82. The summed E-state index contributed by atoms with van der Waals surface area (Å²) in [6.07, 6.45) is 3.53. The summed E-state index contributed by atoms with van der Waals surface area (Å²) in [6.45, 7) is 1.16. The van der Waals surface area contributed by atoms with Crippen LogP contribution in [0.1, 0.15) is 32.1 Å². The molecule has 1 aliphatic heterocycles. The molecule has 0 aromatic carbocycles. The first-order chi connectivity index (χ1) is 9.13. The molecule has 1 saturated carbocycles. The third kappa shape index (κ3) is 3.12. The van der Waals surface area contributed by atoms with Gasteiger partial charge < -0.3 is 11.1 Å². The molecule has 2 rings (SSSR count). The number of amides is 3. The van der Waals surface area contributed by atoms with Crippen LogP contribution in [-0.4, -0.2) is 42.3 Å². The van der Waals surface area contributed by atoms with Gasteiger partial charge in [0.15, 0.2) is 0 Å². The minimum Gasteiger partial charge on any atom is -0.354 e. The lowest BCUT2D eigenvalue weighted by Gasteiger charge is -2.19. The van der Waals surface area contributed by atoms with Crippen molar-refractivity contribution >= 4 is 17.7 Å². The van der Waals surface area contributed by atoms with Crippen molar-refractivity contribution in [3.8, 4) is 0 Å². The lowest BCUT2D eigenvalue weighted by molar-refractivity contribution is -0.138. The fourth-order valence-corrected chi connectivity index (χ4v) is 2.96. The number of nitrogens with two attached hydrogens (primary N) is 1. The van der Waals surface area contributed by atoms with E-state index in [0.717, 1.165) is 19.3 Å². The Balaban J connectivity index is 1.75. The number of hydrogen-bond donors (Lipinski definition) is 2. The molecule has 2 atom stereocenters. The van der Waals surface area contributed by atoms with Crippen LogP contribution in [0.2, 0.25) is 0 Å². The van der Waals surface area contributed by atoms with Gasteiger partial charge in [0, 0.05) is 31.8 Å². The van der Waals surface area contributed by atoms with E-state index in [1.165, 1.54) is 4.90 Å². The Labute approximate surface area is 112 Å².